The quantitative estimate of drug-likeness (QED) is 0.601. The van der Waals surface area contributed by atoms with Crippen molar-refractivity contribution in [3.63, 3.8) is 0 Å². The van der Waals surface area contributed by atoms with E-state index in [1.54, 1.807) is 20.8 Å². The van der Waals surface area contributed by atoms with Gasteiger partial charge in [-0.15, -0.1) is 0 Å². The highest BCUT2D eigenvalue weighted by molar-refractivity contribution is 5.96. The monoisotopic (exact) mass is 268 g/mol. The van der Waals surface area contributed by atoms with Crippen molar-refractivity contribution in [3.8, 4) is 0 Å². The molecule has 1 aromatic heterocycles. The number of rotatable bonds is 5. The smallest absolute Gasteiger partial charge is 0.325 e. The molecule has 0 unspecified atom stereocenters. The molecule has 6 heteroatoms. The van der Waals surface area contributed by atoms with Gasteiger partial charge in [-0.05, 0) is 26.8 Å². The van der Waals surface area contributed by atoms with Gasteiger partial charge in [0, 0.05) is 23.9 Å². The van der Waals surface area contributed by atoms with Crippen molar-refractivity contribution in [2.24, 2.45) is 0 Å². The van der Waals surface area contributed by atoms with Gasteiger partial charge in [0.2, 0.25) is 5.95 Å². The largest absolute Gasteiger partial charge is 0.465 e. The topological polar surface area (TPSA) is 59.5 Å². The molecule has 0 aliphatic carbocycles. The van der Waals surface area contributed by atoms with Gasteiger partial charge in [0.05, 0.1) is 6.61 Å². The molecule has 1 amide bonds. The molecule has 0 aliphatic heterocycles. The first-order valence-corrected chi connectivity index (χ1v) is 6.03. The summed E-state index contributed by atoms with van der Waals surface area (Å²) in [6, 6.07) is 2.25. The number of hydrogen-bond donors (Lipinski definition) is 0. The van der Waals surface area contributed by atoms with Crippen LogP contribution in [0.4, 0.5) is 4.39 Å². The molecule has 5 nitrogen and oxygen atoms in total. The molecule has 0 N–H and O–H groups in total. The fourth-order valence-electron chi connectivity index (χ4n) is 1.54. The molecule has 104 valence electrons. The van der Waals surface area contributed by atoms with Gasteiger partial charge < -0.3 is 9.64 Å². The Kier molecular flexibility index (Phi) is 5.41. The molecule has 19 heavy (non-hydrogen) atoms. The van der Waals surface area contributed by atoms with Gasteiger partial charge in [0.1, 0.15) is 6.54 Å². The van der Waals surface area contributed by atoms with Gasteiger partial charge in [-0.25, -0.2) is 4.98 Å². The van der Waals surface area contributed by atoms with E-state index in [0.29, 0.717) is 0 Å². The van der Waals surface area contributed by atoms with Crippen LogP contribution in [0.15, 0.2) is 18.3 Å². The van der Waals surface area contributed by atoms with Crippen LogP contribution in [0, 0.1) is 5.95 Å². The number of carbonyl (C=O) groups excluding carboxylic acids is 2. The number of amides is 1. The number of carbonyl (C=O) groups is 2. The van der Waals surface area contributed by atoms with Crippen molar-refractivity contribution in [3.05, 3.63) is 29.8 Å². The highest BCUT2D eigenvalue weighted by atomic mass is 19.1. The Hall–Kier alpha value is -1.98. The van der Waals surface area contributed by atoms with Crippen molar-refractivity contribution in [2.75, 3.05) is 13.2 Å². The summed E-state index contributed by atoms with van der Waals surface area (Å²) >= 11 is 0. The molecule has 1 rings (SSSR count). The van der Waals surface area contributed by atoms with Crippen LogP contribution >= 0.6 is 0 Å². The Morgan fingerprint density at radius 2 is 2.16 bits per heavy atom. The first-order chi connectivity index (χ1) is 8.95. The van der Waals surface area contributed by atoms with E-state index in [1.165, 1.54) is 17.2 Å². The SMILES string of the molecule is CCOC(=O)CN(C(=O)c1ccnc(F)c1)C(C)C. The van der Waals surface area contributed by atoms with Crippen molar-refractivity contribution < 1.29 is 18.7 Å². The zero-order valence-electron chi connectivity index (χ0n) is 11.2. The number of halogens is 1. The van der Waals surface area contributed by atoms with Crippen molar-refractivity contribution in [1.29, 1.82) is 0 Å². The van der Waals surface area contributed by atoms with Gasteiger partial charge in [0.25, 0.3) is 5.91 Å². The zero-order valence-corrected chi connectivity index (χ0v) is 11.2. The Morgan fingerprint density at radius 1 is 1.47 bits per heavy atom. The molecule has 0 atom stereocenters. The van der Waals surface area contributed by atoms with E-state index in [4.69, 9.17) is 4.74 Å². The van der Waals surface area contributed by atoms with Crippen molar-refractivity contribution in [2.45, 2.75) is 26.8 Å². The standard InChI is InChI=1S/C13H17FN2O3/c1-4-19-12(17)8-16(9(2)3)13(18)10-5-6-15-11(14)7-10/h5-7,9H,4,8H2,1-3H3. The van der Waals surface area contributed by atoms with E-state index in [0.717, 1.165) is 6.07 Å². The number of hydrogen-bond acceptors (Lipinski definition) is 4. The van der Waals surface area contributed by atoms with Crippen LogP contribution in [0.2, 0.25) is 0 Å². The normalized spacial score (nSPS) is 10.4. The van der Waals surface area contributed by atoms with E-state index in [9.17, 15) is 14.0 Å². The fraction of sp³-hybridized carbons (Fsp3) is 0.462. The van der Waals surface area contributed by atoms with E-state index < -0.39 is 17.8 Å². The van der Waals surface area contributed by atoms with Crippen LogP contribution in [-0.4, -0.2) is 41.0 Å². The molecular weight excluding hydrogens is 251 g/mol. The van der Waals surface area contributed by atoms with Crippen LogP contribution in [0.3, 0.4) is 0 Å². The van der Waals surface area contributed by atoms with E-state index in [2.05, 4.69) is 4.98 Å². The Labute approximate surface area is 111 Å². The molecule has 0 aromatic carbocycles. The summed E-state index contributed by atoms with van der Waals surface area (Å²) in [5.74, 6) is -1.64. The third-order valence-corrected chi connectivity index (χ3v) is 2.46. The van der Waals surface area contributed by atoms with Gasteiger partial charge in [0.15, 0.2) is 0 Å². The second-order valence-electron chi connectivity index (χ2n) is 4.20. The maximum Gasteiger partial charge on any atom is 0.325 e. The molecule has 0 radical (unpaired) electrons. The second-order valence-corrected chi connectivity index (χ2v) is 4.20. The minimum absolute atomic E-state index is 0.158. The average Bonchev–Trinajstić information content (AvgIpc) is 2.35. The zero-order chi connectivity index (χ0) is 14.4. The first kappa shape index (κ1) is 15.1. The summed E-state index contributed by atoms with van der Waals surface area (Å²) in [5, 5.41) is 0. The Bertz CT molecular complexity index is 463. The lowest BCUT2D eigenvalue weighted by molar-refractivity contribution is -0.144. The van der Waals surface area contributed by atoms with Crippen LogP contribution < -0.4 is 0 Å². The minimum atomic E-state index is -0.731. The third-order valence-electron chi connectivity index (χ3n) is 2.46. The lowest BCUT2D eigenvalue weighted by atomic mass is 10.2. The lowest BCUT2D eigenvalue weighted by Crippen LogP contribution is -2.41. The average molecular weight is 268 g/mol. The predicted octanol–water partition coefficient (Wildman–Crippen LogP) is 1.63. The van der Waals surface area contributed by atoms with Crippen LogP contribution in [-0.2, 0) is 9.53 Å². The number of nitrogens with zero attached hydrogens (tertiary/aromatic N) is 2. The molecule has 1 heterocycles. The Balaban J connectivity index is 2.87. The maximum absolute atomic E-state index is 13.0. The van der Waals surface area contributed by atoms with Crippen molar-refractivity contribution in [1.82, 2.24) is 9.88 Å². The summed E-state index contributed by atoms with van der Waals surface area (Å²) in [4.78, 5) is 28.4. The molecule has 0 aliphatic rings. The number of aromatic nitrogens is 1. The van der Waals surface area contributed by atoms with E-state index >= 15 is 0 Å². The van der Waals surface area contributed by atoms with E-state index in [-0.39, 0.29) is 24.8 Å². The number of esters is 1. The predicted molar refractivity (Wildman–Crippen MR) is 67.0 cm³/mol. The lowest BCUT2D eigenvalue weighted by Gasteiger charge is -2.25. The van der Waals surface area contributed by atoms with Gasteiger partial charge in [-0.2, -0.15) is 4.39 Å². The molecule has 1 aromatic rings. The Morgan fingerprint density at radius 3 is 2.68 bits per heavy atom. The maximum atomic E-state index is 13.0. The molecule has 0 bridgehead atoms. The molecule has 0 saturated heterocycles. The molecule has 0 spiro atoms. The summed E-state index contributed by atoms with van der Waals surface area (Å²) in [5.41, 5.74) is 0.158. The summed E-state index contributed by atoms with van der Waals surface area (Å²) in [6.45, 7) is 5.33. The van der Waals surface area contributed by atoms with Gasteiger partial charge in [-0.1, -0.05) is 0 Å². The molecule has 0 fully saturated rings. The number of pyridine rings is 1. The van der Waals surface area contributed by atoms with Crippen LogP contribution in [0.5, 0.6) is 0 Å². The minimum Gasteiger partial charge on any atom is -0.465 e. The third kappa shape index (κ3) is 4.31. The molecular formula is C13H17FN2O3. The van der Waals surface area contributed by atoms with Crippen molar-refractivity contribution >= 4 is 11.9 Å². The van der Waals surface area contributed by atoms with Gasteiger partial charge >= 0.3 is 5.97 Å². The van der Waals surface area contributed by atoms with Crippen LogP contribution in [0.25, 0.3) is 0 Å². The summed E-state index contributed by atoms with van der Waals surface area (Å²) < 4.78 is 17.8. The van der Waals surface area contributed by atoms with E-state index in [1.807, 2.05) is 0 Å². The number of ether oxygens (including phenoxy) is 1. The highest BCUT2D eigenvalue weighted by Gasteiger charge is 2.22. The molecule has 0 saturated carbocycles. The fourth-order valence-corrected chi connectivity index (χ4v) is 1.54. The summed E-state index contributed by atoms with van der Waals surface area (Å²) in [7, 11) is 0. The second kappa shape index (κ2) is 6.82. The highest BCUT2D eigenvalue weighted by Crippen LogP contribution is 2.09. The van der Waals surface area contributed by atoms with Gasteiger partial charge in [-0.3, -0.25) is 9.59 Å². The first-order valence-electron chi connectivity index (χ1n) is 6.03. The van der Waals surface area contributed by atoms with Crippen LogP contribution in [0.1, 0.15) is 31.1 Å². The summed E-state index contributed by atoms with van der Waals surface area (Å²) in [6.07, 6.45) is 1.21.